The van der Waals surface area contributed by atoms with Crippen LogP contribution in [0.3, 0.4) is 0 Å². The largest absolute Gasteiger partial charge is 0.396 e. The molecule has 0 fully saturated rings. The summed E-state index contributed by atoms with van der Waals surface area (Å²) in [6.45, 7) is 2.16. The Balaban J connectivity index is 2.60. The maximum atomic E-state index is 12.0. The lowest BCUT2D eigenvalue weighted by molar-refractivity contribution is 0.159. The van der Waals surface area contributed by atoms with Crippen molar-refractivity contribution in [1.82, 2.24) is 4.98 Å². The molecule has 0 amide bonds. The van der Waals surface area contributed by atoms with Crippen molar-refractivity contribution in [2.45, 2.75) is 6.92 Å². The first kappa shape index (κ1) is 13.3. The lowest BCUT2D eigenvalue weighted by atomic mass is 10.2. The van der Waals surface area contributed by atoms with Crippen LogP contribution in [0.2, 0.25) is 0 Å². The minimum atomic E-state index is -3.40. The molecule has 8 heteroatoms. The quantitative estimate of drug-likeness (QED) is 0.605. The monoisotopic (exact) mass is 333 g/mol. The van der Waals surface area contributed by atoms with Crippen molar-refractivity contribution in [3.8, 4) is 0 Å². The summed E-state index contributed by atoms with van der Waals surface area (Å²) in [6.07, 6.45) is 0. The molecular formula is C10H12BrN3O3S. The fraction of sp³-hybridized carbons (Fsp3) is 0.400. The van der Waals surface area contributed by atoms with Gasteiger partial charge in [-0.15, -0.1) is 0 Å². The number of anilines is 1. The number of aromatic nitrogens is 1. The van der Waals surface area contributed by atoms with Crippen molar-refractivity contribution in [1.29, 1.82) is 0 Å². The molecule has 0 aliphatic carbocycles. The Kier molecular flexibility index (Phi) is 3.58. The van der Waals surface area contributed by atoms with E-state index >= 15 is 0 Å². The summed E-state index contributed by atoms with van der Waals surface area (Å²) >= 11 is 3.26. The molecule has 1 aliphatic rings. The summed E-state index contributed by atoms with van der Waals surface area (Å²) in [6, 6.07) is 3.37. The van der Waals surface area contributed by atoms with Gasteiger partial charge in [-0.1, -0.05) is 5.16 Å². The second-order valence-electron chi connectivity index (χ2n) is 3.68. The summed E-state index contributed by atoms with van der Waals surface area (Å²) < 4.78 is 25.7. The van der Waals surface area contributed by atoms with Gasteiger partial charge < -0.3 is 4.84 Å². The van der Waals surface area contributed by atoms with Gasteiger partial charge >= 0.3 is 0 Å². The molecule has 0 aromatic carbocycles. The van der Waals surface area contributed by atoms with Gasteiger partial charge in [0.2, 0.25) is 10.0 Å². The van der Waals surface area contributed by atoms with E-state index in [4.69, 9.17) is 4.84 Å². The van der Waals surface area contributed by atoms with Gasteiger partial charge in [0.15, 0.2) is 0 Å². The van der Waals surface area contributed by atoms with Crippen LogP contribution in [-0.4, -0.2) is 38.5 Å². The van der Waals surface area contributed by atoms with Gasteiger partial charge in [-0.3, -0.25) is 4.31 Å². The average Bonchev–Trinajstić information content (AvgIpc) is 2.32. The Bertz CT molecular complexity index is 600. The van der Waals surface area contributed by atoms with Crippen molar-refractivity contribution in [2.75, 3.05) is 23.7 Å². The normalized spacial score (nSPS) is 19.7. The SMILES string of the molecule is CCO/N=C1\CS(=O)(=O)N(C)c2ccc(Br)nc21. The minimum absolute atomic E-state index is 0.208. The first-order valence-electron chi connectivity index (χ1n) is 5.28. The van der Waals surface area contributed by atoms with E-state index in [2.05, 4.69) is 26.1 Å². The smallest absolute Gasteiger partial charge is 0.240 e. The van der Waals surface area contributed by atoms with E-state index in [1.165, 1.54) is 11.4 Å². The third-order valence-electron chi connectivity index (χ3n) is 2.49. The zero-order chi connectivity index (χ0) is 13.3. The molecule has 0 unspecified atom stereocenters. The van der Waals surface area contributed by atoms with Gasteiger partial charge in [0.05, 0.1) is 5.69 Å². The highest BCUT2D eigenvalue weighted by Crippen LogP contribution is 2.28. The lowest BCUT2D eigenvalue weighted by Gasteiger charge is -2.26. The molecule has 2 rings (SSSR count). The Hall–Kier alpha value is -1.15. The van der Waals surface area contributed by atoms with Crippen molar-refractivity contribution < 1.29 is 13.3 Å². The van der Waals surface area contributed by atoms with E-state index in [0.29, 0.717) is 28.3 Å². The molecule has 2 heterocycles. The van der Waals surface area contributed by atoms with Crippen LogP contribution in [-0.2, 0) is 14.9 Å². The van der Waals surface area contributed by atoms with Crippen molar-refractivity contribution >= 4 is 37.4 Å². The Labute approximate surface area is 114 Å². The van der Waals surface area contributed by atoms with Crippen LogP contribution in [0, 0.1) is 0 Å². The van der Waals surface area contributed by atoms with Crippen LogP contribution in [0.25, 0.3) is 0 Å². The molecule has 0 N–H and O–H groups in total. The number of pyridine rings is 1. The number of halogens is 1. The molecule has 98 valence electrons. The number of oxime groups is 1. The van der Waals surface area contributed by atoms with Crippen LogP contribution in [0.4, 0.5) is 5.69 Å². The van der Waals surface area contributed by atoms with E-state index in [1.54, 1.807) is 19.1 Å². The van der Waals surface area contributed by atoms with E-state index in [1.807, 2.05) is 0 Å². The second kappa shape index (κ2) is 4.85. The number of nitrogens with zero attached hydrogens (tertiary/aromatic N) is 3. The fourth-order valence-electron chi connectivity index (χ4n) is 1.59. The maximum Gasteiger partial charge on any atom is 0.240 e. The fourth-order valence-corrected chi connectivity index (χ4v) is 3.08. The molecule has 0 saturated heterocycles. The standard InChI is InChI=1S/C10H12BrN3O3S/c1-3-17-13-7-6-18(15,16)14(2)8-4-5-9(11)12-10(7)8/h4-5H,3,6H2,1-2H3/b13-7+. The number of hydrogen-bond donors (Lipinski definition) is 0. The van der Waals surface area contributed by atoms with Crippen molar-refractivity contribution in [3.05, 3.63) is 22.4 Å². The van der Waals surface area contributed by atoms with E-state index in [-0.39, 0.29) is 5.75 Å². The molecular weight excluding hydrogens is 322 g/mol. The van der Waals surface area contributed by atoms with Crippen LogP contribution in [0.5, 0.6) is 0 Å². The molecule has 1 aromatic heterocycles. The Morgan fingerprint density at radius 3 is 2.94 bits per heavy atom. The van der Waals surface area contributed by atoms with Gasteiger partial charge in [-0.05, 0) is 35.0 Å². The highest BCUT2D eigenvalue weighted by atomic mass is 79.9. The lowest BCUT2D eigenvalue weighted by Crippen LogP contribution is -2.39. The summed E-state index contributed by atoms with van der Waals surface area (Å²) in [7, 11) is -1.90. The third-order valence-corrected chi connectivity index (χ3v) is 4.60. The molecule has 1 aliphatic heterocycles. The molecule has 18 heavy (non-hydrogen) atoms. The van der Waals surface area contributed by atoms with Crippen molar-refractivity contribution in [2.24, 2.45) is 5.16 Å². The first-order valence-corrected chi connectivity index (χ1v) is 7.68. The zero-order valence-corrected chi connectivity index (χ0v) is 12.3. The van der Waals surface area contributed by atoms with Gasteiger partial charge in [-0.2, -0.15) is 0 Å². The molecule has 0 saturated carbocycles. The predicted octanol–water partition coefficient (Wildman–Crippen LogP) is 1.36. The average molecular weight is 334 g/mol. The molecule has 0 radical (unpaired) electrons. The summed E-state index contributed by atoms with van der Waals surface area (Å²) in [5.74, 6) is -0.208. The molecule has 6 nitrogen and oxygen atoms in total. The zero-order valence-electron chi connectivity index (χ0n) is 9.92. The molecule has 0 spiro atoms. The second-order valence-corrected chi connectivity index (χ2v) is 6.49. The summed E-state index contributed by atoms with van der Waals surface area (Å²) in [4.78, 5) is 9.21. The van der Waals surface area contributed by atoms with E-state index < -0.39 is 10.0 Å². The predicted molar refractivity (Wildman–Crippen MR) is 72.3 cm³/mol. The maximum absolute atomic E-state index is 12.0. The minimum Gasteiger partial charge on any atom is -0.396 e. The number of fused-ring (bicyclic) bond motifs is 1. The van der Waals surface area contributed by atoms with Crippen LogP contribution >= 0.6 is 15.9 Å². The molecule has 0 atom stereocenters. The van der Waals surface area contributed by atoms with Crippen LogP contribution < -0.4 is 4.31 Å². The van der Waals surface area contributed by atoms with Gasteiger partial charge in [-0.25, -0.2) is 13.4 Å². The molecule has 1 aromatic rings. The topological polar surface area (TPSA) is 71.9 Å². The number of rotatable bonds is 2. The Morgan fingerprint density at radius 2 is 2.28 bits per heavy atom. The Morgan fingerprint density at radius 1 is 1.56 bits per heavy atom. The van der Waals surface area contributed by atoms with Gasteiger partial charge in [0.1, 0.15) is 28.4 Å². The number of sulfonamides is 1. The third kappa shape index (κ3) is 2.35. The first-order chi connectivity index (χ1) is 8.45. The van der Waals surface area contributed by atoms with E-state index in [0.717, 1.165) is 0 Å². The highest BCUT2D eigenvalue weighted by Gasteiger charge is 2.32. The molecule has 0 bridgehead atoms. The van der Waals surface area contributed by atoms with E-state index in [9.17, 15) is 8.42 Å². The van der Waals surface area contributed by atoms with Gasteiger partial charge in [0.25, 0.3) is 0 Å². The summed E-state index contributed by atoms with van der Waals surface area (Å²) in [5, 5.41) is 3.84. The number of hydrogen-bond acceptors (Lipinski definition) is 5. The highest BCUT2D eigenvalue weighted by molar-refractivity contribution is 9.10. The van der Waals surface area contributed by atoms with Gasteiger partial charge in [0, 0.05) is 7.05 Å². The van der Waals surface area contributed by atoms with Crippen LogP contribution in [0.1, 0.15) is 12.6 Å². The van der Waals surface area contributed by atoms with Crippen LogP contribution in [0.15, 0.2) is 21.9 Å². The van der Waals surface area contributed by atoms with Crippen molar-refractivity contribution in [3.63, 3.8) is 0 Å². The summed E-state index contributed by atoms with van der Waals surface area (Å²) in [5.41, 5.74) is 1.35.